The van der Waals surface area contributed by atoms with Crippen molar-refractivity contribution in [2.75, 3.05) is 7.05 Å². The maximum atomic E-state index is 4.26. The molecule has 1 unspecified atom stereocenters. The predicted molar refractivity (Wildman–Crippen MR) is 76.1 cm³/mol. The molecule has 0 aliphatic heterocycles. The van der Waals surface area contributed by atoms with E-state index in [2.05, 4.69) is 54.5 Å². The topological polar surface area (TPSA) is 37.8 Å². The average Bonchev–Trinajstić information content (AvgIpc) is 2.81. The number of nitrogens with one attached hydrogen (secondary N) is 1. The largest absolute Gasteiger partial charge is 0.311 e. The molecule has 3 nitrogen and oxygen atoms in total. The van der Waals surface area contributed by atoms with Crippen LogP contribution in [0.4, 0.5) is 0 Å². The summed E-state index contributed by atoms with van der Waals surface area (Å²) < 4.78 is 0. The minimum absolute atomic E-state index is 0.274. The lowest BCUT2D eigenvalue weighted by molar-refractivity contribution is 0.639. The lowest BCUT2D eigenvalue weighted by atomic mass is 10.0. The maximum Gasteiger partial charge on any atom is 0.134 e. The first-order valence-electron chi connectivity index (χ1n) is 6.16. The van der Waals surface area contributed by atoms with Gasteiger partial charge in [0, 0.05) is 6.42 Å². The summed E-state index contributed by atoms with van der Waals surface area (Å²) in [5.41, 5.74) is 3.97. The maximum absolute atomic E-state index is 4.26. The lowest BCUT2D eigenvalue weighted by Gasteiger charge is -2.04. The zero-order chi connectivity index (χ0) is 13.1. The van der Waals surface area contributed by atoms with Gasteiger partial charge in [0.2, 0.25) is 0 Å². The second kappa shape index (κ2) is 5.59. The van der Waals surface area contributed by atoms with Crippen LogP contribution < -0.4 is 5.32 Å². The molecule has 1 aromatic carbocycles. The van der Waals surface area contributed by atoms with Gasteiger partial charge in [-0.25, -0.2) is 0 Å². The van der Waals surface area contributed by atoms with E-state index < -0.39 is 0 Å². The Balaban J connectivity index is 2.13. The predicted octanol–water partition coefficient (Wildman–Crippen LogP) is 3.03. The number of rotatable bonds is 4. The van der Waals surface area contributed by atoms with Gasteiger partial charge >= 0.3 is 0 Å². The Hall–Kier alpha value is -1.26. The standard InChI is InChI=1S/C14H19N3S/c1-9-5-6-12(7-10(9)2)8-13-16-17-14(18-13)11(3)15-4/h5-7,11,15H,8H2,1-4H3. The van der Waals surface area contributed by atoms with Crippen LogP contribution in [0.2, 0.25) is 0 Å². The van der Waals surface area contributed by atoms with Gasteiger partial charge in [0.1, 0.15) is 10.0 Å². The van der Waals surface area contributed by atoms with Crippen molar-refractivity contribution in [2.24, 2.45) is 0 Å². The summed E-state index contributed by atoms with van der Waals surface area (Å²) in [4.78, 5) is 0. The fraction of sp³-hybridized carbons (Fsp3) is 0.429. The molecule has 0 amide bonds. The van der Waals surface area contributed by atoms with E-state index in [1.807, 2.05) is 7.05 Å². The number of hydrogen-bond donors (Lipinski definition) is 1. The van der Waals surface area contributed by atoms with Crippen molar-refractivity contribution in [3.63, 3.8) is 0 Å². The van der Waals surface area contributed by atoms with Crippen molar-refractivity contribution >= 4 is 11.3 Å². The minimum Gasteiger partial charge on any atom is -0.311 e. The first-order valence-corrected chi connectivity index (χ1v) is 6.97. The van der Waals surface area contributed by atoms with E-state index in [1.165, 1.54) is 16.7 Å². The molecule has 1 atom stereocenters. The quantitative estimate of drug-likeness (QED) is 0.919. The Morgan fingerprint density at radius 2 is 2.00 bits per heavy atom. The monoisotopic (exact) mass is 261 g/mol. The first kappa shape index (κ1) is 13.2. The zero-order valence-corrected chi connectivity index (χ0v) is 12.1. The number of aromatic nitrogens is 2. The van der Waals surface area contributed by atoms with Crippen LogP contribution in [0.3, 0.4) is 0 Å². The summed E-state index contributed by atoms with van der Waals surface area (Å²) in [5.74, 6) is 0. The highest BCUT2D eigenvalue weighted by molar-refractivity contribution is 7.11. The molecule has 0 aliphatic rings. The van der Waals surface area contributed by atoms with Gasteiger partial charge in [-0.05, 0) is 44.5 Å². The van der Waals surface area contributed by atoms with Crippen molar-refractivity contribution < 1.29 is 0 Å². The van der Waals surface area contributed by atoms with E-state index in [4.69, 9.17) is 0 Å². The van der Waals surface area contributed by atoms with Gasteiger partial charge in [-0.1, -0.05) is 29.5 Å². The van der Waals surface area contributed by atoms with E-state index >= 15 is 0 Å². The fourth-order valence-corrected chi connectivity index (χ4v) is 2.66. The third kappa shape index (κ3) is 2.94. The first-order chi connectivity index (χ1) is 8.60. The molecule has 0 fully saturated rings. The Bertz CT molecular complexity index is 534. The number of aryl methyl sites for hydroxylation is 2. The Morgan fingerprint density at radius 1 is 1.22 bits per heavy atom. The van der Waals surface area contributed by atoms with Gasteiger partial charge < -0.3 is 5.32 Å². The summed E-state index contributed by atoms with van der Waals surface area (Å²) in [6.07, 6.45) is 0.870. The SMILES string of the molecule is CNC(C)c1nnc(Cc2ccc(C)c(C)c2)s1. The smallest absolute Gasteiger partial charge is 0.134 e. The van der Waals surface area contributed by atoms with Crippen molar-refractivity contribution in [3.05, 3.63) is 44.9 Å². The summed E-state index contributed by atoms with van der Waals surface area (Å²) >= 11 is 1.69. The molecular weight excluding hydrogens is 242 g/mol. The average molecular weight is 261 g/mol. The highest BCUT2D eigenvalue weighted by atomic mass is 32.1. The van der Waals surface area contributed by atoms with E-state index in [0.717, 1.165) is 16.4 Å². The summed E-state index contributed by atoms with van der Waals surface area (Å²) in [6.45, 7) is 6.38. The molecule has 0 aliphatic carbocycles. The second-order valence-electron chi connectivity index (χ2n) is 4.64. The van der Waals surface area contributed by atoms with Crippen LogP contribution in [-0.4, -0.2) is 17.2 Å². The van der Waals surface area contributed by atoms with Crippen LogP contribution in [0.25, 0.3) is 0 Å². The molecule has 0 spiro atoms. The molecule has 4 heteroatoms. The van der Waals surface area contributed by atoms with Crippen LogP contribution in [0.15, 0.2) is 18.2 Å². The van der Waals surface area contributed by atoms with Crippen LogP contribution in [0.1, 0.15) is 39.7 Å². The molecule has 2 aromatic rings. The van der Waals surface area contributed by atoms with E-state index in [0.29, 0.717) is 0 Å². The van der Waals surface area contributed by atoms with Gasteiger partial charge in [-0.15, -0.1) is 10.2 Å². The molecule has 0 bridgehead atoms. The molecule has 1 heterocycles. The van der Waals surface area contributed by atoms with Gasteiger partial charge in [0.05, 0.1) is 6.04 Å². The Morgan fingerprint density at radius 3 is 2.67 bits per heavy atom. The Labute approximate surface area is 112 Å². The van der Waals surface area contributed by atoms with Gasteiger partial charge in [0.15, 0.2) is 0 Å². The van der Waals surface area contributed by atoms with Crippen LogP contribution >= 0.6 is 11.3 Å². The molecule has 0 radical (unpaired) electrons. The van der Waals surface area contributed by atoms with E-state index in [9.17, 15) is 0 Å². The summed E-state index contributed by atoms with van der Waals surface area (Å²) in [7, 11) is 1.94. The molecule has 0 saturated heterocycles. The zero-order valence-electron chi connectivity index (χ0n) is 11.3. The van der Waals surface area contributed by atoms with Crippen molar-refractivity contribution in [3.8, 4) is 0 Å². The van der Waals surface area contributed by atoms with Crippen molar-refractivity contribution in [1.29, 1.82) is 0 Å². The van der Waals surface area contributed by atoms with Gasteiger partial charge in [0.25, 0.3) is 0 Å². The highest BCUT2D eigenvalue weighted by Gasteiger charge is 2.10. The molecule has 18 heavy (non-hydrogen) atoms. The molecular formula is C14H19N3S. The minimum atomic E-state index is 0.274. The number of benzene rings is 1. The molecule has 0 saturated carbocycles. The summed E-state index contributed by atoms with van der Waals surface area (Å²) in [5, 5.41) is 13.8. The van der Waals surface area contributed by atoms with Gasteiger partial charge in [-0.2, -0.15) is 0 Å². The summed E-state index contributed by atoms with van der Waals surface area (Å²) in [6, 6.07) is 6.85. The highest BCUT2D eigenvalue weighted by Crippen LogP contribution is 2.20. The third-order valence-corrected chi connectivity index (χ3v) is 4.32. The third-order valence-electron chi connectivity index (χ3n) is 3.21. The molecule has 2 rings (SSSR count). The van der Waals surface area contributed by atoms with Crippen LogP contribution in [0.5, 0.6) is 0 Å². The number of hydrogen-bond acceptors (Lipinski definition) is 4. The van der Waals surface area contributed by atoms with Gasteiger partial charge in [-0.3, -0.25) is 0 Å². The van der Waals surface area contributed by atoms with Crippen molar-refractivity contribution in [2.45, 2.75) is 33.2 Å². The van der Waals surface area contributed by atoms with Crippen LogP contribution in [0, 0.1) is 13.8 Å². The number of nitrogens with zero attached hydrogens (tertiary/aromatic N) is 2. The normalized spacial score (nSPS) is 12.7. The van der Waals surface area contributed by atoms with E-state index in [-0.39, 0.29) is 6.04 Å². The van der Waals surface area contributed by atoms with Crippen LogP contribution in [-0.2, 0) is 6.42 Å². The second-order valence-corrected chi connectivity index (χ2v) is 5.73. The molecule has 1 aromatic heterocycles. The van der Waals surface area contributed by atoms with E-state index in [1.54, 1.807) is 11.3 Å². The lowest BCUT2D eigenvalue weighted by Crippen LogP contribution is -2.11. The van der Waals surface area contributed by atoms with Crippen molar-refractivity contribution in [1.82, 2.24) is 15.5 Å². The Kier molecular flexibility index (Phi) is 4.09. The molecule has 96 valence electrons. The molecule has 1 N–H and O–H groups in total. The fourth-order valence-electron chi connectivity index (χ4n) is 1.72.